The molecule has 2 nitrogen and oxygen atoms in total. The Morgan fingerprint density at radius 1 is 1.12 bits per heavy atom. The molecule has 0 aliphatic carbocycles. The Bertz CT molecular complexity index is 417. The molecule has 0 bridgehead atoms. The summed E-state index contributed by atoms with van der Waals surface area (Å²) in [5.74, 6) is 0. The monoisotopic (exact) mass is 215 g/mol. The molecule has 0 amide bonds. The summed E-state index contributed by atoms with van der Waals surface area (Å²) in [5.41, 5.74) is 9.81. The molecule has 2 N–H and O–H groups in total. The van der Waals surface area contributed by atoms with E-state index in [1.165, 1.54) is 11.1 Å². The van der Waals surface area contributed by atoms with Gasteiger partial charge in [-0.25, -0.2) is 0 Å². The Balaban J connectivity index is 2.05. The second kappa shape index (κ2) is 4.99. The number of furan rings is 1. The molecule has 0 aliphatic heterocycles. The molecule has 16 heavy (non-hydrogen) atoms. The first-order valence-corrected chi connectivity index (χ1v) is 5.65. The fourth-order valence-electron chi connectivity index (χ4n) is 1.78. The third kappa shape index (κ3) is 2.52. The standard InChI is InChI=1S/C14H17NO/c1-2-11-3-5-13(6-4-11)14(15)9-12-7-8-16-10-12/h3-8,10,14H,2,9,15H2,1H3. The van der Waals surface area contributed by atoms with Gasteiger partial charge in [0.2, 0.25) is 0 Å². The van der Waals surface area contributed by atoms with Crippen LogP contribution in [0.4, 0.5) is 0 Å². The fourth-order valence-corrected chi connectivity index (χ4v) is 1.78. The normalized spacial score (nSPS) is 12.6. The maximum atomic E-state index is 6.14. The lowest BCUT2D eigenvalue weighted by Gasteiger charge is -2.11. The molecule has 1 aromatic heterocycles. The minimum absolute atomic E-state index is 0.0449. The van der Waals surface area contributed by atoms with Gasteiger partial charge in [0.1, 0.15) is 0 Å². The van der Waals surface area contributed by atoms with E-state index in [4.69, 9.17) is 10.2 Å². The van der Waals surface area contributed by atoms with Gasteiger partial charge in [0.25, 0.3) is 0 Å². The van der Waals surface area contributed by atoms with Crippen molar-refractivity contribution in [2.24, 2.45) is 5.73 Å². The second-order valence-corrected chi connectivity index (χ2v) is 4.04. The number of hydrogen-bond donors (Lipinski definition) is 1. The van der Waals surface area contributed by atoms with Crippen LogP contribution in [0.3, 0.4) is 0 Å². The van der Waals surface area contributed by atoms with E-state index >= 15 is 0 Å². The summed E-state index contributed by atoms with van der Waals surface area (Å²) < 4.78 is 5.03. The lowest BCUT2D eigenvalue weighted by molar-refractivity contribution is 0.561. The largest absolute Gasteiger partial charge is 0.472 e. The summed E-state index contributed by atoms with van der Waals surface area (Å²) >= 11 is 0. The SMILES string of the molecule is CCc1ccc(C(N)Cc2ccoc2)cc1. The van der Waals surface area contributed by atoms with Gasteiger partial charge in [-0.1, -0.05) is 31.2 Å². The summed E-state index contributed by atoms with van der Waals surface area (Å²) in [6, 6.07) is 10.5. The van der Waals surface area contributed by atoms with Crippen molar-refractivity contribution < 1.29 is 4.42 Å². The average Bonchev–Trinajstić information content (AvgIpc) is 2.82. The number of aryl methyl sites for hydroxylation is 1. The highest BCUT2D eigenvalue weighted by atomic mass is 16.3. The van der Waals surface area contributed by atoms with E-state index < -0.39 is 0 Å². The van der Waals surface area contributed by atoms with Crippen molar-refractivity contribution in [2.45, 2.75) is 25.8 Å². The molecule has 2 aromatic rings. The molecule has 2 heteroatoms. The van der Waals surface area contributed by atoms with E-state index in [0.717, 1.165) is 18.4 Å². The highest BCUT2D eigenvalue weighted by Crippen LogP contribution is 2.17. The lowest BCUT2D eigenvalue weighted by atomic mass is 10.00. The minimum Gasteiger partial charge on any atom is -0.472 e. The topological polar surface area (TPSA) is 39.2 Å². The van der Waals surface area contributed by atoms with Crippen LogP contribution in [0, 0.1) is 0 Å². The molecule has 1 unspecified atom stereocenters. The number of benzene rings is 1. The van der Waals surface area contributed by atoms with E-state index in [-0.39, 0.29) is 6.04 Å². The first kappa shape index (κ1) is 11.0. The van der Waals surface area contributed by atoms with Crippen LogP contribution in [0.15, 0.2) is 47.3 Å². The zero-order chi connectivity index (χ0) is 11.4. The second-order valence-electron chi connectivity index (χ2n) is 4.04. The van der Waals surface area contributed by atoms with Crippen LogP contribution in [0.2, 0.25) is 0 Å². The van der Waals surface area contributed by atoms with Gasteiger partial charge in [-0.2, -0.15) is 0 Å². The van der Waals surface area contributed by atoms with Crippen LogP contribution in [-0.2, 0) is 12.8 Å². The molecule has 2 rings (SSSR count). The predicted octanol–water partition coefficient (Wildman–Crippen LogP) is 3.08. The van der Waals surface area contributed by atoms with Crippen LogP contribution >= 0.6 is 0 Å². The number of nitrogens with two attached hydrogens (primary N) is 1. The van der Waals surface area contributed by atoms with Crippen LogP contribution in [0.25, 0.3) is 0 Å². The van der Waals surface area contributed by atoms with Gasteiger partial charge in [-0.15, -0.1) is 0 Å². The highest BCUT2D eigenvalue weighted by Gasteiger charge is 2.07. The van der Waals surface area contributed by atoms with Crippen molar-refractivity contribution in [3.63, 3.8) is 0 Å². The van der Waals surface area contributed by atoms with Crippen LogP contribution in [0.1, 0.15) is 29.7 Å². The molecule has 0 spiro atoms. The van der Waals surface area contributed by atoms with E-state index in [1.807, 2.05) is 6.07 Å². The maximum absolute atomic E-state index is 6.14. The van der Waals surface area contributed by atoms with Gasteiger partial charge in [0.05, 0.1) is 12.5 Å². The van der Waals surface area contributed by atoms with E-state index in [2.05, 4.69) is 31.2 Å². The summed E-state index contributed by atoms with van der Waals surface area (Å²) in [6.45, 7) is 2.15. The molecular formula is C14H17NO. The van der Waals surface area contributed by atoms with Gasteiger partial charge in [-0.3, -0.25) is 0 Å². The molecule has 0 saturated carbocycles. The van der Waals surface area contributed by atoms with Gasteiger partial charge in [0.15, 0.2) is 0 Å². The molecule has 0 saturated heterocycles. The van der Waals surface area contributed by atoms with Crippen molar-refractivity contribution in [1.29, 1.82) is 0 Å². The molecule has 0 fully saturated rings. The van der Waals surface area contributed by atoms with Crippen molar-refractivity contribution in [3.8, 4) is 0 Å². The summed E-state index contributed by atoms with van der Waals surface area (Å²) in [4.78, 5) is 0. The quantitative estimate of drug-likeness (QED) is 0.851. The predicted molar refractivity (Wildman–Crippen MR) is 65.2 cm³/mol. The van der Waals surface area contributed by atoms with Crippen LogP contribution in [0.5, 0.6) is 0 Å². The van der Waals surface area contributed by atoms with Crippen LogP contribution in [-0.4, -0.2) is 0 Å². The molecule has 1 atom stereocenters. The molecule has 84 valence electrons. The first-order chi connectivity index (χ1) is 7.79. The zero-order valence-corrected chi connectivity index (χ0v) is 9.52. The Kier molecular flexibility index (Phi) is 3.42. The molecule has 0 aliphatic rings. The third-order valence-electron chi connectivity index (χ3n) is 2.85. The average molecular weight is 215 g/mol. The minimum atomic E-state index is 0.0449. The van der Waals surface area contributed by atoms with Gasteiger partial charge in [-0.05, 0) is 35.6 Å². The van der Waals surface area contributed by atoms with Crippen molar-refractivity contribution in [3.05, 3.63) is 59.5 Å². The van der Waals surface area contributed by atoms with Crippen molar-refractivity contribution in [1.82, 2.24) is 0 Å². The molecule has 1 heterocycles. The van der Waals surface area contributed by atoms with E-state index in [1.54, 1.807) is 12.5 Å². The highest BCUT2D eigenvalue weighted by molar-refractivity contribution is 5.26. The van der Waals surface area contributed by atoms with Gasteiger partial charge in [0, 0.05) is 6.04 Å². The fraction of sp³-hybridized carbons (Fsp3) is 0.286. The van der Waals surface area contributed by atoms with Gasteiger partial charge < -0.3 is 10.2 Å². The van der Waals surface area contributed by atoms with Crippen molar-refractivity contribution in [2.75, 3.05) is 0 Å². The van der Waals surface area contributed by atoms with Crippen LogP contribution < -0.4 is 5.73 Å². The van der Waals surface area contributed by atoms with E-state index in [9.17, 15) is 0 Å². The molecule has 1 aromatic carbocycles. The first-order valence-electron chi connectivity index (χ1n) is 5.65. The number of rotatable bonds is 4. The number of hydrogen-bond acceptors (Lipinski definition) is 2. The molecular weight excluding hydrogens is 198 g/mol. The molecule has 0 radical (unpaired) electrons. The Morgan fingerprint density at radius 2 is 1.88 bits per heavy atom. The summed E-state index contributed by atoms with van der Waals surface area (Å²) in [7, 11) is 0. The van der Waals surface area contributed by atoms with E-state index in [0.29, 0.717) is 0 Å². The Labute approximate surface area is 96.1 Å². The Hall–Kier alpha value is -1.54. The summed E-state index contributed by atoms with van der Waals surface area (Å²) in [6.07, 6.45) is 5.32. The van der Waals surface area contributed by atoms with Crippen molar-refractivity contribution >= 4 is 0 Å². The van der Waals surface area contributed by atoms with Gasteiger partial charge >= 0.3 is 0 Å². The lowest BCUT2D eigenvalue weighted by Crippen LogP contribution is -2.12. The third-order valence-corrected chi connectivity index (χ3v) is 2.85. The smallest absolute Gasteiger partial charge is 0.0935 e. The zero-order valence-electron chi connectivity index (χ0n) is 9.52. The summed E-state index contributed by atoms with van der Waals surface area (Å²) in [5, 5.41) is 0. The maximum Gasteiger partial charge on any atom is 0.0935 e. The Morgan fingerprint density at radius 3 is 2.44 bits per heavy atom.